The molecule has 0 aliphatic heterocycles. The third kappa shape index (κ3) is 4.28. The average molecular weight is 287 g/mol. The van der Waals surface area contributed by atoms with E-state index in [1.165, 1.54) is 32.2 Å². The molecule has 0 atom stereocenters. The molecule has 0 heterocycles. The Morgan fingerprint density at radius 1 is 1.17 bits per heavy atom. The Labute approximate surface area is 116 Å². The molecule has 0 spiro atoms. The molecule has 96 valence electrons. The van der Waals surface area contributed by atoms with Crippen LogP contribution in [0.15, 0.2) is 18.2 Å². The zero-order chi connectivity index (χ0) is 14.3. The Bertz CT molecular complexity index is 452. The van der Waals surface area contributed by atoms with Gasteiger partial charge >= 0.3 is 6.03 Å². The van der Waals surface area contributed by atoms with Crippen LogP contribution in [-0.4, -0.2) is 19.0 Å². The van der Waals surface area contributed by atoms with E-state index < -0.39 is 11.9 Å². The van der Waals surface area contributed by atoms with E-state index in [0.717, 1.165) is 4.90 Å². The minimum absolute atomic E-state index is 0.337. The summed E-state index contributed by atoms with van der Waals surface area (Å²) in [6.45, 7) is 1.28. The van der Waals surface area contributed by atoms with Crippen LogP contribution in [0.25, 0.3) is 0 Å². The molecule has 3 amide bonds. The van der Waals surface area contributed by atoms with Gasteiger partial charge in [0.1, 0.15) is 0 Å². The first-order chi connectivity index (χ1) is 8.45. The third-order valence-corrected chi connectivity index (χ3v) is 2.27. The molecule has 0 unspecified atom stereocenters. The monoisotopic (exact) mass is 286 g/mol. The van der Waals surface area contributed by atoms with Crippen LogP contribution in [0.1, 0.15) is 6.92 Å². The SMILES string of the molecule is C#C.CNC(=O)N(C(C)=O)c1cc(Cl)cc(Cl)c1. The minimum atomic E-state index is -0.536. The van der Waals surface area contributed by atoms with Crippen molar-refractivity contribution >= 4 is 40.8 Å². The molecule has 6 heteroatoms. The van der Waals surface area contributed by atoms with Crippen LogP contribution in [0.4, 0.5) is 10.5 Å². The molecular formula is C12H12Cl2N2O2. The quantitative estimate of drug-likeness (QED) is 0.807. The van der Waals surface area contributed by atoms with Gasteiger partial charge in [-0.05, 0) is 18.2 Å². The Morgan fingerprint density at radius 3 is 1.94 bits per heavy atom. The first kappa shape index (κ1) is 16.3. The summed E-state index contributed by atoms with van der Waals surface area (Å²) in [6, 6.07) is 3.97. The number of halogens is 2. The summed E-state index contributed by atoms with van der Waals surface area (Å²) < 4.78 is 0. The highest BCUT2D eigenvalue weighted by molar-refractivity contribution is 6.35. The number of rotatable bonds is 1. The van der Waals surface area contributed by atoms with Crippen molar-refractivity contribution in [3.05, 3.63) is 28.2 Å². The van der Waals surface area contributed by atoms with Gasteiger partial charge in [-0.25, -0.2) is 9.69 Å². The molecule has 0 saturated heterocycles. The number of carbonyl (C=O) groups excluding carboxylic acids is 2. The van der Waals surface area contributed by atoms with E-state index in [9.17, 15) is 9.59 Å². The molecule has 0 bridgehead atoms. The molecule has 1 N–H and O–H groups in total. The molecule has 0 aliphatic rings. The molecule has 4 nitrogen and oxygen atoms in total. The van der Waals surface area contributed by atoms with Crippen LogP contribution in [0, 0.1) is 12.8 Å². The zero-order valence-electron chi connectivity index (χ0n) is 9.91. The Balaban J connectivity index is 0.00000137. The van der Waals surface area contributed by atoms with E-state index in [4.69, 9.17) is 23.2 Å². The molecule has 1 aromatic carbocycles. The Hall–Kier alpha value is -1.70. The van der Waals surface area contributed by atoms with Gasteiger partial charge in [-0.2, -0.15) is 0 Å². The maximum Gasteiger partial charge on any atom is 0.328 e. The first-order valence-electron chi connectivity index (χ1n) is 4.77. The number of hydrogen-bond acceptors (Lipinski definition) is 2. The maximum atomic E-state index is 11.5. The van der Waals surface area contributed by atoms with E-state index in [-0.39, 0.29) is 0 Å². The summed E-state index contributed by atoms with van der Waals surface area (Å²) in [5.41, 5.74) is 0.337. The van der Waals surface area contributed by atoms with Crippen molar-refractivity contribution in [2.75, 3.05) is 11.9 Å². The van der Waals surface area contributed by atoms with E-state index >= 15 is 0 Å². The number of carbonyl (C=O) groups is 2. The van der Waals surface area contributed by atoms with E-state index in [0.29, 0.717) is 15.7 Å². The van der Waals surface area contributed by atoms with Crippen LogP contribution in [-0.2, 0) is 4.79 Å². The minimum Gasteiger partial charge on any atom is -0.340 e. The smallest absolute Gasteiger partial charge is 0.328 e. The number of nitrogens with zero attached hydrogens (tertiary/aromatic N) is 1. The highest BCUT2D eigenvalue weighted by atomic mass is 35.5. The molecule has 0 fully saturated rings. The standard InChI is InChI=1S/C10H10Cl2N2O2.C2H2/c1-6(15)14(10(16)13-2)9-4-7(11)3-8(12)5-9;1-2/h3-5H,1-2H3,(H,13,16);1-2H. The lowest BCUT2D eigenvalue weighted by Gasteiger charge is -2.18. The van der Waals surface area contributed by atoms with Gasteiger partial charge < -0.3 is 5.32 Å². The number of urea groups is 1. The zero-order valence-corrected chi connectivity index (χ0v) is 11.4. The van der Waals surface area contributed by atoms with E-state index in [1.807, 2.05) is 0 Å². The number of amides is 3. The highest BCUT2D eigenvalue weighted by Crippen LogP contribution is 2.25. The summed E-state index contributed by atoms with van der Waals surface area (Å²) in [5, 5.41) is 3.08. The van der Waals surface area contributed by atoms with Crippen molar-refractivity contribution < 1.29 is 9.59 Å². The second-order valence-corrected chi connectivity index (χ2v) is 3.91. The maximum absolute atomic E-state index is 11.5. The fourth-order valence-electron chi connectivity index (χ4n) is 1.22. The van der Waals surface area contributed by atoms with Gasteiger partial charge in [-0.15, -0.1) is 12.8 Å². The second kappa shape index (κ2) is 7.59. The highest BCUT2D eigenvalue weighted by Gasteiger charge is 2.19. The normalized spacial score (nSPS) is 8.78. The molecule has 18 heavy (non-hydrogen) atoms. The van der Waals surface area contributed by atoms with Crippen molar-refractivity contribution in [3.8, 4) is 12.8 Å². The van der Waals surface area contributed by atoms with E-state index in [1.54, 1.807) is 0 Å². The lowest BCUT2D eigenvalue weighted by Crippen LogP contribution is -2.41. The second-order valence-electron chi connectivity index (χ2n) is 3.04. The number of hydrogen-bond donors (Lipinski definition) is 1. The van der Waals surface area contributed by atoms with Gasteiger partial charge in [0, 0.05) is 24.0 Å². The van der Waals surface area contributed by atoms with Crippen LogP contribution in [0.3, 0.4) is 0 Å². The fraction of sp³-hybridized carbons (Fsp3) is 0.167. The van der Waals surface area contributed by atoms with Gasteiger partial charge in [0.05, 0.1) is 5.69 Å². The van der Waals surface area contributed by atoms with Gasteiger partial charge in [-0.1, -0.05) is 23.2 Å². The number of terminal acetylenes is 1. The molecule has 0 aromatic heterocycles. The molecule has 0 radical (unpaired) electrons. The summed E-state index contributed by atoms with van der Waals surface area (Å²) >= 11 is 11.6. The molecular weight excluding hydrogens is 275 g/mol. The van der Waals surface area contributed by atoms with Gasteiger partial charge in [-0.3, -0.25) is 4.79 Å². The Kier molecular flexibility index (Phi) is 6.88. The fourth-order valence-corrected chi connectivity index (χ4v) is 1.74. The molecule has 1 aromatic rings. The van der Waals surface area contributed by atoms with Crippen molar-refractivity contribution in [2.24, 2.45) is 0 Å². The number of nitrogens with one attached hydrogen (secondary N) is 1. The largest absolute Gasteiger partial charge is 0.340 e. The van der Waals surface area contributed by atoms with Crippen molar-refractivity contribution in [1.82, 2.24) is 5.32 Å². The topological polar surface area (TPSA) is 49.4 Å². The van der Waals surface area contributed by atoms with Crippen LogP contribution < -0.4 is 10.2 Å². The summed E-state index contributed by atoms with van der Waals surface area (Å²) in [4.78, 5) is 23.8. The van der Waals surface area contributed by atoms with Crippen molar-refractivity contribution in [2.45, 2.75) is 6.92 Å². The lowest BCUT2D eigenvalue weighted by atomic mass is 10.3. The molecule has 0 saturated carbocycles. The number of anilines is 1. The van der Waals surface area contributed by atoms with Crippen LogP contribution in [0.5, 0.6) is 0 Å². The van der Waals surface area contributed by atoms with Gasteiger partial charge in [0.2, 0.25) is 5.91 Å². The summed E-state index contributed by atoms with van der Waals surface area (Å²) in [6.07, 6.45) is 8.00. The summed E-state index contributed by atoms with van der Waals surface area (Å²) in [7, 11) is 1.43. The number of benzene rings is 1. The van der Waals surface area contributed by atoms with Gasteiger partial charge in [0.15, 0.2) is 0 Å². The summed E-state index contributed by atoms with van der Waals surface area (Å²) in [5.74, 6) is -0.419. The molecule has 0 aliphatic carbocycles. The predicted molar refractivity (Wildman–Crippen MR) is 74.0 cm³/mol. The predicted octanol–water partition coefficient (Wildman–Crippen LogP) is 2.94. The molecule has 1 rings (SSSR count). The first-order valence-corrected chi connectivity index (χ1v) is 5.53. The van der Waals surface area contributed by atoms with Crippen LogP contribution >= 0.6 is 23.2 Å². The van der Waals surface area contributed by atoms with Crippen LogP contribution in [0.2, 0.25) is 10.0 Å². The third-order valence-electron chi connectivity index (χ3n) is 1.84. The lowest BCUT2D eigenvalue weighted by molar-refractivity contribution is -0.115. The van der Waals surface area contributed by atoms with Crippen molar-refractivity contribution in [1.29, 1.82) is 0 Å². The number of imide groups is 1. The van der Waals surface area contributed by atoms with Crippen molar-refractivity contribution in [3.63, 3.8) is 0 Å². The van der Waals surface area contributed by atoms with Gasteiger partial charge in [0.25, 0.3) is 0 Å². The average Bonchev–Trinajstić information content (AvgIpc) is 2.29. The Morgan fingerprint density at radius 2 is 1.61 bits per heavy atom. The van der Waals surface area contributed by atoms with E-state index in [2.05, 4.69) is 18.2 Å².